The Kier molecular flexibility index (Phi) is 5.42. The zero-order valence-electron chi connectivity index (χ0n) is 12.1. The number of hydrogen-bond donors (Lipinski definition) is 1. The van der Waals surface area contributed by atoms with Crippen molar-refractivity contribution >= 4 is 0 Å². The molecule has 3 nitrogen and oxygen atoms in total. The van der Waals surface area contributed by atoms with Crippen LogP contribution in [-0.4, -0.2) is 37.0 Å². The lowest BCUT2D eigenvalue weighted by Gasteiger charge is -2.27. The van der Waals surface area contributed by atoms with Crippen molar-refractivity contribution in [2.45, 2.75) is 71.1 Å². The van der Waals surface area contributed by atoms with Crippen molar-refractivity contribution in [2.24, 2.45) is 0 Å². The van der Waals surface area contributed by atoms with Gasteiger partial charge in [0.25, 0.3) is 0 Å². The van der Waals surface area contributed by atoms with Crippen LogP contribution in [0.5, 0.6) is 0 Å². The van der Waals surface area contributed by atoms with Crippen molar-refractivity contribution in [3.63, 3.8) is 0 Å². The second kappa shape index (κ2) is 6.17. The molecule has 1 atom stereocenters. The molecule has 0 saturated carbocycles. The second-order valence-electron chi connectivity index (χ2n) is 6.14. The van der Waals surface area contributed by atoms with Gasteiger partial charge in [0.2, 0.25) is 0 Å². The Labute approximate surface area is 106 Å². The van der Waals surface area contributed by atoms with Crippen LogP contribution in [0.15, 0.2) is 0 Å². The van der Waals surface area contributed by atoms with Gasteiger partial charge in [0.05, 0.1) is 17.8 Å². The molecule has 1 heterocycles. The molecule has 0 aliphatic carbocycles. The Balaban J connectivity index is 2.19. The third-order valence-electron chi connectivity index (χ3n) is 3.35. The van der Waals surface area contributed by atoms with E-state index in [1.54, 1.807) is 0 Å². The van der Waals surface area contributed by atoms with Crippen molar-refractivity contribution in [3.05, 3.63) is 0 Å². The summed E-state index contributed by atoms with van der Waals surface area (Å²) < 4.78 is 11.6. The first-order valence-electron chi connectivity index (χ1n) is 6.89. The van der Waals surface area contributed by atoms with Gasteiger partial charge < -0.3 is 14.8 Å². The van der Waals surface area contributed by atoms with Crippen LogP contribution in [0.4, 0.5) is 0 Å². The molecule has 17 heavy (non-hydrogen) atoms. The topological polar surface area (TPSA) is 30.5 Å². The maximum atomic E-state index is 6.04. The van der Waals surface area contributed by atoms with Crippen molar-refractivity contribution in [1.29, 1.82) is 0 Å². The van der Waals surface area contributed by atoms with Gasteiger partial charge in [0.1, 0.15) is 0 Å². The van der Waals surface area contributed by atoms with Crippen LogP contribution in [0, 0.1) is 0 Å². The molecule has 0 amide bonds. The van der Waals surface area contributed by atoms with Gasteiger partial charge in [0, 0.05) is 19.2 Å². The molecule has 1 saturated heterocycles. The highest BCUT2D eigenvalue weighted by atomic mass is 16.5. The lowest BCUT2D eigenvalue weighted by atomic mass is 9.94. The lowest BCUT2D eigenvalue weighted by Crippen LogP contribution is -2.44. The van der Waals surface area contributed by atoms with E-state index in [1.165, 1.54) is 6.42 Å². The summed E-state index contributed by atoms with van der Waals surface area (Å²) >= 11 is 0. The van der Waals surface area contributed by atoms with Gasteiger partial charge in [-0.1, -0.05) is 13.3 Å². The van der Waals surface area contributed by atoms with Crippen molar-refractivity contribution in [3.8, 4) is 0 Å². The Morgan fingerprint density at radius 1 is 1.24 bits per heavy atom. The molecule has 0 aromatic rings. The van der Waals surface area contributed by atoms with Crippen LogP contribution in [0.2, 0.25) is 0 Å². The van der Waals surface area contributed by atoms with E-state index in [0.29, 0.717) is 6.04 Å². The van der Waals surface area contributed by atoms with Gasteiger partial charge in [-0.3, -0.25) is 0 Å². The Bertz CT molecular complexity index is 226. The zero-order chi connectivity index (χ0) is 12.9. The summed E-state index contributed by atoms with van der Waals surface area (Å²) in [6.07, 6.45) is 3.42. The van der Waals surface area contributed by atoms with E-state index in [4.69, 9.17) is 9.47 Å². The van der Waals surface area contributed by atoms with E-state index in [2.05, 4.69) is 39.9 Å². The second-order valence-corrected chi connectivity index (χ2v) is 6.14. The Morgan fingerprint density at radius 3 is 2.47 bits per heavy atom. The monoisotopic (exact) mass is 243 g/mol. The highest BCUT2D eigenvalue weighted by molar-refractivity contribution is 4.98. The van der Waals surface area contributed by atoms with Gasteiger partial charge >= 0.3 is 0 Å². The molecule has 1 fully saturated rings. The van der Waals surface area contributed by atoms with Crippen LogP contribution in [-0.2, 0) is 9.47 Å². The minimum Gasteiger partial charge on any atom is -0.380 e. The van der Waals surface area contributed by atoms with E-state index in [9.17, 15) is 0 Å². The average Bonchev–Trinajstić information content (AvgIpc) is 2.40. The summed E-state index contributed by atoms with van der Waals surface area (Å²) in [5.74, 6) is 0. The van der Waals surface area contributed by atoms with E-state index in [-0.39, 0.29) is 11.2 Å². The molecule has 0 spiro atoms. The van der Waals surface area contributed by atoms with E-state index in [0.717, 1.165) is 32.6 Å². The molecule has 0 bridgehead atoms. The van der Waals surface area contributed by atoms with E-state index in [1.807, 2.05) is 0 Å². The third kappa shape index (κ3) is 4.94. The van der Waals surface area contributed by atoms with Crippen LogP contribution >= 0.6 is 0 Å². The minimum atomic E-state index is -0.0765. The third-order valence-corrected chi connectivity index (χ3v) is 3.35. The van der Waals surface area contributed by atoms with Crippen LogP contribution in [0.3, 0.4) is 0 Å². The quantitative estimate of drug-likeness (QED) is 0.697. The molecule has 1 N–H and O–H groups in total. The molecule has 3 heteroatoms. The molecule has 102 valence electrons. The largest absolute Gasteiger partial charge is 0.380 e. The first-order valence-corrected chi connectivity index (χ1v) is 6.89. The van der Waals surface area contributed by atoms with Crippen LogP contribution in [0.1, 0.15) is 53.9 Å². The van der Waals surface area contributed by atoms with Crippen molar-refractivity contribution in [2.75, 3.05) is 19.8 Å². The summed E-state index contributed by atoms with van der Waals surface area (Å²) in [5, 5.41) is 3.55. The maximum absolute atomic E-state index is 6.04. The smallest absolute Gasteiger partial charge is 0.0787 e. The van der Waals surface area contributed by atoms with E-state index >= 15 is 0 Å². The highest BCUT2D eigenvalue weighted by Gasteiger charge is 2.45. The first-order chi connectivity index (χ1) is 7.87. The lowest BCUT2D eigenvalue weighted by molar-refractivity contribution is -0.0700. The SMILES string of the molecule is CCCCOCCNC1CC(C)(C)OC1(C)C. The van der Waals surface area contributed by atoms with Crippen molar-refractivity contribution < 1.29 is 9.47 Å². The van der Waals surface area contributed by atoms with E-state index < -0.39 is 0 Å². The fourth-order valence-corrected chi connectivity index (χ4v) is 2.53. The highest BCUT2D eigenvalue weighted by Crippen LogP contribution is 2.36. The van der Waals surface area contributed by atoms with Gasteiger partial charge in [0.15, 0.2) is 0 Å². The molecule has 1 unspecified atom stereocenters. The molecule has 1 rings (SSSR count). The Morgan fingerprint density at radius 2 is 1.94 bits per heavy atom. The fraction of sp³-hybridized carbons (Fsp3) is 1.00. The number of nitrogens with one attached hydrogen (secondary N) is 1. The number of rotatable bonds is 7. The molecule has 0 aromatic carbocycles. The van der Waals surface area contributed by atoms with Gasteiger partial charge in [-0.25, -0.2) is 0 Å². The van der Waals surface area contributed by atoms with Gasteiger partial charge in [-0.2, -0.15) is 0 Å². The number of ether oxygens (including phenoxy) is 2. The molecular weight excluding hydrogens is 214 g/mol. The number of hydrogen-bond acceptors (Lipinski definition) is 3. The van der Waals surface area contributed by atoms with Crippen LogP contribution < -0.4 is 5.32 Å². The summed E-state index contributed by atoms with van der Waals surface area (Å²) in [6.45, 7) is 13.4. The van der Waals surface area contributed by atoms with Crippen LogP contribution in [0.25, 0.3) is 0 Å². The molecule has 1 aliphatic rings. The fourth-order valence-electron chi connectivity index (χ4n) is 2.53. The summed E-state index contributed by atoms with van der Waals surface area (Å²) in [7, 11) is 0. The summed E-state index contributed by atoms with van der Waals surface area (Å²) in [4.78, 5) is 0. The van der Waals surface area contributed by atoms with Crippen molar-refractivity contribution in [1.82, 2.24) is 5.32 Å². The first kappa shape index (κ1) is 14.9. The Hall–Kier alpha value is -0.120. The van der Waals surface area contributed by atoms with Gasteiger partial charge in [-0.05, 0) is 40.5 Å². The van der Waals surface area contributed by atoms with Gasteiger partial charge in [-0.15, -0.1) is 0 Å². The predicted octanol–water partition coefficient (Wildman–Crippen LogP) is 2.74. The summed E-state index contributed by atoms with van der Waals surface area (Å²) in [6, 6.07) is 0.423. The zero-order valence-corrected chi connectivity index (χ0v) is 12.1. The molecule has 0 aromatic heterocycles. The number of unbranched alkanes of at least 4 members (excludes halogenated alkanes) is 1. The average molecular weight is 243 g/mol. The normalized spacial score (nSPS) is 26.3. The standard InChI is InChI=1S/C14H29NO2/c1-6-7-9-16-10-8-15-12-11-13(2,3)17-14(12,4)5/h12,15H,6-11H2,1-5H3. The molecule has 1 aliphatic heterocycles. The molecule has 0 radical (unpaired) electrons. The summed E-state index contributed by atoms with van der Waals surface area (Å²) in [5.41, 5.74) is -0.0862. The predicted molar refractivity (Wildman–Crippen MR) is 71.4 cm³/mol. The minimum absolute atomic E-state index is 0.00969. The maximum Gasteiger partial charge on any atom is 0.0787 e. The molecular formula is C14H29NO2.